The van der Waals surface area contributed by atoms with Gasteiger partial charge in [-0.25, -0.2) is 4.39 Å². The lowest BCUT2D eigenvalue weighted by atomic mass is 9.96. The number of likely N-dealkylation sites (tertiary alicyclic amines) is 1. The molecule has 1 atom stereocenters. The lowest BCUT2D eigenvalue weighted by Gasteiger charge is -2.21. The summed E-state index contributed by atoms with van der Waals surface area (Å²) < 4.78 is 13.3. The molecule has 4 heteroatoms. The van der Waals surface area contributed by atoms with Crippen LogP contribution in [0, 0.1) is 23.1 Å². The van der Waals surface area contributed by atoms with Crippen molar-refractivity contribution in [2.75, 3.05) is 6.54 Å². The summed E-state index contributed by atoms with van der Waals surface area (Å²) in [5, 5.41) is 8.87. The van der Waals surface area contributed by atoms with Gasteiger partial charge in [-0.2, -0.15) is 5.26 Å². The molecule has 0 aliphatic carbocycles. The third-order valence-corrected chi connectivity index (χ3v) is 4.15. The van der Waals surface area contributed by atoms with Crippen LogP contribution in [0.4, 0.5) is 4.39 Å². The van der Waals surface area contributed by atoms with Crippen LogP contribution >= 0.6 is 0 Å². The number of nitriles is 1. The predicted molar refractivity (Wildman–Crippen MR) is 78.8 cm³/mol. The van der Waals surface area contributed by atoms with Crippen LogP contribution in [-0.4, -0.2) is 17.4 Å². The molecule has 3 nitrogen and oxygen atoms in total. The predicted octanol–water partition coefficient (Wildman–Crippen LogP) is 3.63. The highest BCUT2D eigenvalue weighted by atomic mass is 19.1. The van der Waals surface area contributed by atoms with Crippen LogP contribution in [0.2, 0.25) is 0 Å². The molecule has 0 radical (unpaired) electrons. The maximum Gasteiger partial charge on any atom is 0.222 e. The molecular formula is C17H21FN2O. The highest BCUT2D eigenvalue weighted by Gasteiger charge is 2.22. The van der Waals surface area contributed by atoms with Crippen molar-refractivity contribution in [3.63, 3.8) is 0 Å². The minimum atomic E-state index is -0.508. The van der Waals surface area contributed by atoms with Gasteiger partial charge in [-0.15, -0.1) is 0 Å². The fourth-order valence-corrected chi connectivity index (χ4v) is 2.93. The molecule has 1 aromatic carbocycles. The summed E-state index contributed by atoms with van der Waals surface area (Å²) in [7, 11) is 0. The van der Waals surface area contributed by atoms with Gasteiger partial charge < -0.3 is 4.90 Å². The average molecular weight is 288 g/mol. The maximum absolute atomic E-state index is 13.3. The molecule has 1 heterocycles. The topological polar surface area (TPSA) is 44.1 Å². The Balaban J connectivity index is 2.05. The Labute approximate surface area is 125 Å². The van der Waals surface area contributed by atoms with E-state index >= 15 is 0 Å². The van der Waals surface area contributed by atoms with E-state index in [1.165, 1.54) is 18.6 Å². The lowest BCUT2D eigenvalue weighted by molar-refractivity contribution is -0.131. The first-order valence-electron chi connectivity index (χ1n) is 7.60. The highest BCUT2D eigenvalue weighted by molar-refractivity contribution is 5.76. The minimum absolute atomic E-state index is 0.0404. The van der Waals surface area contributed by atoms with Crippen LogP contribution in [0.25, 0.3) is 0 Å². The van der Waals surface area contributed by atoms with E-state index in [0.717, 1.165) is 31.4 Å². The van der Waals surface area contributed by atoms with Crippen molar-refractivity contribution in [1.82, 2.24) is 4.90 Å². The minimum Gasteiger partial charge on any atom is -0.338 e. The summed E-state index contributed by atoms with van der Waals surface area (Å²) in [5.41, 5.74) is 0.855. The normalized spacial score (nSPS) is 19.2. The molecule has 1 aliphatic rings. The Morgan fingerprint density at radius 1 is 1.43 bits per heavy atom. The monoisotopic (exact) mass is 288 g/mol. The lowest BCUT2D eigenvalue weighted by Crippen LogP contribution is -2.29. The third kappa shape index (κ3) is 4.04. The van der Waals surface area contributed by atoms with Crippen molar-refractivity contribution in [3.05, 3.63) is 35.1 Å². The second kappa shape index (κ2) is 7.21. The Hall–Kier alpha value is -1.89. The first-order chi connectivity index (χ1) is 10.1. The van der Waals surface area contributed by atoms with Gasteiger partial charge in [0.2, 0.25) is 5.91 Å². The molecule has 1 unspecified atom stereocenters. The van der Waals surface area contributed by atoms with Crippen LogP contribution in [0.15, 0.2) is 18.2 Å². The molecule has 1 fully saturated rings. The van der Waals surface area contributed by atoms with Crippen LogP contribution in [0.1, 0.15) is 50.2 Å². The van der Waals surface area contributed by atoms with Crippen molar-refractivity contribution in [2.24, 2.45) is 5.92 Å². The van der Waals surface area contributed by atoms with Crippen molar-refractivity contribution in [3.8, 4) is 6.07 Å². The van der Waals surface area contributed by atoms with E-state index in [-0.39, 0.29) is 11.5 Å². The largest absolute Gasteiger partial charge is 0.338 e. The number of rotatable bonds is 4. The van der Waals surface area contributed by atoms with E-state index in [1.807, 2.05) is 11.0 Å². The van der Waals surface area contributed by atoms with Gasteiger partial charge in [0.25, 0.3) is 0 Å². The number of hydrogen-bond donors (Lipinski definition) is 0. The molecule has 0 aromatic heterocycles. The van der Waals surface area contributed by atoms with Gasteiger partial charge >= 0.3 is 0 Å². The standard InChI is InChI=1S/C17H21FN2O/c1-2-3-13-5-7-17(21)20(9-8-13)12-14-4-6-16(18)15(10-14)11-19/h4,6,10,13H,2-3,5,7-9,12H2,1H3. The van der Waals surface area contributed by atoms with Gasteiger partial charge in [-0.3, -0.25) is 4.79 Å². The van der Waals surface area contributed by atoms with E-state index in [4.69, 9.17) is 5.26 Å². The van der Waals surface area contributed by atoms with E-state index in [9.17, 15) is 9.18 Å². The van der Waals surface area contributed by atoms with Gasteiger partial charge in [0.05, 0.1) is 5.56 Å². The van der Waals surface area contributed by atoms with Crippen molar-refractivity contribution >= 4 is 5.91 Å². The van der Waals surface area contributed by atoms with E-state index < -0.39 is 5.82 Å². The Morgan fingerprint density at radius 2 is 2.24 bits per heavy atom. The molecule has 1 amide bonds. The molecule has 0 saturated carbocycles. The molecular weight excluding hydrogens is 267 g/mol. The van der Waals surface area contributed by atoms with Crippen LogP contribution in [0.5, 0.6) is 0 Å². The van der Waals surface area contributed by atoms with E-state index in [0.29, 0.717) is 18.9 Å². The fourth-order valence-electron chi connectivity index (χ4n) is 2.93. The Morgan fingerprint density at radius 3 is 2.95 bits per heavy atom. The average Bonchev–Trinajstić information content (AvgIpc) is 2.65. The molecule has 2 rings (SSSR count). The van der Waals surface area contributed by atoms with Gasteiger partial charge in [-0.1, -0.05) is 25.8 Å². The highest BCUT2D eigenvalue weighted by Crippen LogP contribution is 2.24. The molecule has 0 N–H and O–H groups in total. The summed E-state index contributed by atoms with van der Waals surface area (Å²) in [6.07, 6.45) is 4.93. The number of carbonyl (C=O) groups is 1. The third-order valence-electron chi connectivity index (χ3n) is 4.15. The van der Waals surface area contributed by atoms with Gasteiger partial charge in [0.15, 0.2) is 0 Å². The van der Waals surface area contributed by atoms with Gasteiger partial charge in [0, 0.05) is 19.5 Å². The summed E-state index contributed by atoms with van der Waals surface area (Å²) >= 11 is 0. The number of amides is 1. The summed E-state index contributed by atoms with van der Waals surface area (Å²) in [5.74, 6) is 0.287. The Kier molecular flexibility index (Phi) is 5.32. The number of hydrogen-bond acceptors (Lipinski definition) is 2. The first-order valence-corrected chi connectivity index (χ1v) is 7.60. The molecule has 1 aliphatic heterocycles. The van der Waals surface area contributed by atoms with Crippen LogP contribution in [0.3, 0.4) is 0 Å². The molecule has 0 spiro atoms. The molecule has 1 aromatic rings. The van der Waals surface area contributed by atoms with E-state index in [1.54, 1.807) is 6.07 Å². The summed E-state index contributed by atoms with van der Waals surface area (Å²) in [6, 6.07) is 6.33. The zero-order valence-electron chi connectivity index (χ0n) is 12.4. The second-order valence-electron chi connectivity index (χ2n) is 5.72. The summed E-state index contributed by atoms with van der Waals surface area (Å²) in [4.78, 5) is 14.0. The molecule has 0 bridgehead atoms. The van der Waals surface area contributed by atoms with Crippen molar-refractivity contribution in [1.29, 1.82) is 5.26 Å². The van der Waals surface area contributed by atoms with E-state index in [2.05, 4.69) is 6.92 Å². The summed E-state index contributed by atoms with van der Waals surface area (Å²) in [6.45, 7) is 3.39. The smallest absolute Gasteiger partial charge is 0.222 e. The van der Waals surface area contributed by atoms with Gasteiger partial charge in [-0.05, 0) is 36.5 Å². The zero-order chi connectivity index (χ0) is 15.2. The molecule has 21 heavy (non-hydrogen) atoms. The van der Waals surface area contributed by atoms with Crippen LogP contribution in [-0.2, 0) is 11.3 Å². The quantitative estimate of drug-likeness (QED) is 0.849. The number of carbonyl (C=O) groups excluding carboxylic acids is 1. The Bertz CT molecular complexity index is 550. The SMILES string of the molecule is CCCC1CCC(=O)N(Cc2ccc(F)c(C#N)c2)CC1. The number of benzene rings is 1. The number of nitrogens with zero attached hydrogens (tertiary/aromatic N) is 2. The second-order valence-corrected chi connectivity index (χ2v) is 5.72. The zero-order valence-corrected chi connectivity index (χ0v) is 12.4. The fraction of sp³-hybridized carbons (Fsp3) is 0.529. The van der Waals surface area contributed by atoms with Crippen molar-refractivity contribution < 1.29 is 9.18 Å². The van der Waals surface area contributed by atoms with Crippen molar-refractivity contribution in [2.45, 2.75) is 45.6 Å². The molecule has 112 valence electrons. The van der Waals surface area contributed by atoms with Crippen LogP contribution < -0.4 is 0 Å². The maximum atomic E-state index is 13.3. The van der Waals surface area contributed by atoms with Gasteiger partial charge in [0.1, 0.15) is 11.9 Å². The molecule has 1 saturated heterocycles. The first kappa shape index (κ1) is 15.5. The number of halogens is 1.